The number of carbonyl (C=O) groups excluding carboxylic acids is 2. The van der Waals surface area contributed by atoms with Gasteiger partial charge in [0.15, 0.2) is 0 Å². The van der Waals surface area contributed by atoms with Crippen LogP contribution in [0.4, 0.5) is 10.5 Å². The van der Waals surface area contributed by atoms with Crippen LogP contribution in [0.1, 0.15) is 43.5 Å². The van der Waals surface area contributed by atoms with E-state index in [0.29, 0.717) is 24.3 Å². The van der Waals surface area contributed by atoms with Gasteiger partial charge in [0.25, 0.3) is 5.91 Å². The Morgan fingerprint density at radius 2 is 1.81 bits per heavy atom. The second-order valence-corrected chi connectivity index (χ2v) is 6.71. The third kappa shape index (κ3) is 6.25. The zero-order valence-electron chi connectivity index (χ0n) is 15.8. The summed E-state index contributed by atoms with van der Waals surface area (Å²) in [6.45, 7) is 5.25. The van der Waals surface area contributed by atoms with Gasteiger partial charge < -0.3 is 21.1 Å². The fourth-order valence-corrected chi connectivity index (χ4v) is 3.07. The number of nitrogens with one attached hydrogen (secondary N) is 3. The molecule has 148 valence electrons. The van der Waals surface area contributed by atoms with Crippen LogP contribution in [-0.4, -0.2) is 59.6 Å². The number of anilines is 1. The average Bonchev–Trinajstić information content (AvgIpc) is 2.61. The van der Waals surface area contributed by atoms with Crippen LogP contribution in [0.2, 0.25) is 0 Å². The molecule has 1 aromatic rings. The molecule has 3 amide bonds. The smallest absolute Gasteiger partial charge is 0.319 e. The van der Waals surface area contributed by atoms with Crippen molar-refractivity contribution in [3.8, 4) is 0 Å². The van der Waals surface area contributed by atoms with Crippen molar-refractivity contribution in [1.29, 1.82) is 0 Å². The molecule has 2 rings (SSSR count). The number of hydrogen-bond acceptors (Lipinski definition) is 4. The number of carboxylic acids is 1. The molecule has 1 aromatic carbocycles. The number of rotatable bonds is 9. The lowest BCUT2D eigenvalue weighted by Gasteiger charge is -2.42. The van der Waals surface area contributed by atoms with Crippen molar-refractivity contribution < 1.29 is 19.5 Å². The lowest BCUT2D eigenvalue weighted by Crippen LogP contribution is -2.55. The summed E-state index contributed by atoms with van der Waals surface area (Å²) in [4.78, 5) is 36.7. The Morgan fingerprint density at radius 1 is 1.15 bits per heavy atom. The predicted octanol–water partition coefficient (Wildman–Crippen LogP) is 1.89. The van der Waals surface area contributed by atoms with E-state index in [0.717, 1.165) is 19.3 Å². The molecule has 1 aliphatic carbocycles. The fraction of sp³-hybridized carbons (Fsp3) is 0.526. The number of aliphatic carboxylic acids is 1. The first kappa shape index (κ1) is 20.7. The van der Waals surface area contributed by atoms with Gasteiger partial charge in [-0.1, -0.05) is 13.8 Å². The first-order valence-electron chi connectivity index (χ1n) is 9.34. The second kappa shape index (κ2) is 9.91. The number of carboxylic acid groups (broad SMARTS) is 1. The monoisotopic (exact) mass is 376 g/mol. The molecule has 0 unspecified atom stereocenters. The number of amides is 3. The van der Waals surface area contributed by atoms with Crippen molar-refractivity contribution in [2.45, 2.75) is 45.2 Å². The van der Waals surface area contributed by atoms with Crippen molar-refractivity contribution in [3.05, 3.63) is 29.8 Å². The lowest BCUT2D eigenvalue weighted by molar-refractivity contribution is -0.139. The van der Waals surface area contributed by atoms with E-state index in [1.807, 2.05) is 18.7 Å². The molecule has 27 heavy (non-hydrogen) atoms. The standard InChI is InChI=1S/C19H28N4O4/c1-3-9-20-18(26)13-5-7-14(8-6-13)21-19(27)22-15-10-16(11-15)23(4-2)12-17(24)25/h5-8,15-16H,3-4,9-12H2,1-2H3,(H,20,26)(H,24,25)(H2,21,22,27). The van der Waals surface area contributed by atoms with Crippen LogP contribution in [0, 0.1) is 0 Å². The van der Waals surface area contributed by atoms with Gasteiger partial charge in [-0.15, -0.1) is 0 Å². The van der Waals surface area contributed by atoms with Crippen molar-refractivity contribution in [3.63, 3.8) is 0 Å². The Balaban J connectivity index is 1.75. The Kier molecular flexibility index (Phi) is 7.60. The van der Waals surface area contributed by atoms with Gasteiger partial charge in [0.05, 0.1) is 6.54 Å². The third-order valence-electron chi connectivity index (χ3n) is 4.65. The highest BCUT2D eigenvalue weighted by atomic mass is 16.4. The number of likely N-dealkylation sites (N-methyl/N-ethyl adjacent to an activating group) is 1. The molecule has 0 aliphatic heterocycles. The van der Waals surface area contributed by atoms with Crippen LogP contribution in [0.15, 0.2) is 24.3 Å². The minimum Gasteiger partial charge on any atom is -0.480 e. The molecule has 1 aliphatic rings. The fourth-order valence-electron chi connectivity index (χ4n) is 3.07. The van der Waals surface area contributed by atoms with E-state index in [2.05, 4.69) is 16.0 Å². The number of carbonyl (C=O) groups is 3. The molecular weight excluding hydrogens is 348 g/mol. The number of benzene rings is 1. The summed E-state index contributed by atoms with van der Waals surface area (Å²) >= 11 is 0. The molecule has 8 heteroatoms. The Labute approximate surface area is 159 Å². The van der Waals surface area contributed by atoms with E-state index in [1.54, 1.807) is 24.3 Å². The summed E-state index contributed by atoms with van der Waals surface area (Å²) in [5, 5.41) is 17.3. The highest BCUT2D eigenvalue weighted by Gasteiger charge is 2.34. The first-order valence-corrected chi connectivity index (χ1v) is 9.34. The van der Waals surface area contributed by atoms with Gasteiger partial charge in [-0.05, 0) is 50.1 Å². The van der Waals surface area contributed by atoms with Crippen molar-refractivity contribution in [2.75, 3.05) is 25.0 Å². The molecule has 4 N–H and O–H groups in total. The quantitative estimate of drug-likeness (QED) is 0.526. The summed E-state index contributed by atoms with van der Waals surface area (Å²) in [5.41, 5.74) is 1.16. The van der Waals surface area contributed by atoms with Crippen molar-refractivity contribution in [2.24, 2.45) is 0 Å². The summed E-state index contributed by atoms with van der Waals surface area (Å²) in [6.07, 6.45) is 2.36. The average molecular weight is 376 g/mol. The Morgan fingerprint density at radius 3 is 2.37 bits per heavy atom. The molecule has 1 saturated carbocycles. The minimum absolute atomic E-state index is 0.0261. The van der Waals surface area contributed by atoms with Gasteiger partial charge in [-0.3, -0.25) is 14.5 Å². The molecule has 8 nitrogen and oxygen atoms in total. The zero-order valence-corrected chi connectivity index (χ0v) is 15.8. The van der Waals surface area contributed by atoms with Gasteiger partial charge in [-0.25, -0.2) is 4.79 Å². The Hall–Kier alpha value is -2.61. The maximum Gasteiger partial charge on any atom is 0.319 e. The highest BCUT2D eigenvalue weighted by Crippen LogP contribution is 2.25. The normalized spacial score (nSPS) is 18.5. The molecule has 0 radical (unpaired) electrons. The molecule has 0 bridgehead atoms. The largest absolute Gasteiger partial charge is 0.480 e. The van der Waals surface area contributed by atoms with E-state index >= 15 is 0 Å². The summed E-state index contributed by atoms with van der Waals surface area (Å²) < 4.78 is 0. The molecule has 0 saturated heterocycles. The summed E-state index contributed by atoms with van der Waals surface area (Å²) in [7, 11) is 0. The van der Waals surface area contributed by atoms with Crippen molar-refractivity contribution >= 4 is 23.6 Å². The van der Waals surface area contributed by atoms with Gasteiger partial charge in [0.2, 0.25) is 0 Å². The van der Waals surface area contributed by atoms with E-state index < -0.39 is 5.97 Å². The third-order valence-corrected chi connectivity index (χ3v) is 4.65. The number of urea groups is 1. The minimum atomic E-state index is -0.835. The van der Waals surface area contributed by atoms with Gasteiger partial charge in [0, 0.05) is 29.9 Å². The van der Waals surface area contributed by atoms with Crippen molar-refractivity contribution in [1.82, 2.24) is 15.5 Å². The highest BCUT2D eigenvalue weighted by molar-refractivity contribution is 5.95. The van der Waals surface area contributed by atoms with E-state index in [9.17, 15) is 14.4 Å². The molecular formula is C19H28N4O4. The molecule has 1 fully saturated rings. The molecule has 0 spiro atoms. The van der Waals surface area contributed by atoms with Crippen LogP contribution in [0.3, 0.4) is 0 Å². The van der Waals surface area contributed by atoms with Crippen LogP contribution >= 0.6 is 0 Å². The van der Waals surface area contributed by atoms with Gasteiger partial charge in [-0.2, -0.15) is 0 Å². The predicted molar refractivity (Wildman–Crippen MR) is 103 cm³/mol. The molecule has 0 aromatic heterocycles. The van der Waals surface area contributed by atoms with Gasteiger partial charge in [0.1, 0.15) is 0 Å². The number of hydrogen-bond donors (Lipinski definition) is 4. The van der Waals surface area contributed by atoms with E-state index in [-0.39, 0.29) is 30.6 Å². The maximum atomic E-state index is 12.1. The SMILES string of the molecule is CCCNC(=O)c1ccc(NC(=O)NC2CC(N(CC)CC(=O)O)C2)cc1. The van der Waals surface area contributed by atoms with Crippen LogP contribution < -0.4 is 16.0 Å². The van der Waals surface area contributed by atoms with E-state index in [1.165, 1.54) is 0 Å². The molecule has 0 heterocycles. The Bertz CT molecular complexity index is 656. The zero-order chi connectivity index (χ0) is 19.8. The summed E-state index contributed by atoms with van der Waals surface area (Å²) in [6, 6.07) is 6.65. The van der Waals surface area contributed by atoms with Crippen LogP contribution in [0.25, 0.3) is 0 Å². The summed E-state index contributed by atoms with van der Waals surface area (Å²) in [5.74, 6) is -0.965. The number of nitrogens with zero attached hydrogens (tertiary/aromatic N) is 1. The van der Waals surface area contributed by atoms with Gasteiger partial charge >= 0.3 is 12.0 Å². The first-order chi connectivity index (χ1) is 12.9. The molecule has 0 atom stereocenters. The van der Waals surface area contributed by atoms with Crippen LogP contribution in [-0.2, 0) is 4.79 Å². The lowest BCUT2D eigenvalue weighted by atomic mass is 9.85. The van der Waals surface area contributed by atoms with E-state index in [4.69, 9.17) is 5.11 Å². The maximum absolute atomic E-state index is 12.1. The van der Waals surface area contributed by atoms with Crippen LogP contribution in [0.5, 0.6) is 0 Å². The topological polar surface area (TPSA) is 111 Å². The second-order valence-electron chi connectivity index (χ2n) is 6.71.